The number of fused-ring (bicyclic) bond motifs is 3. The summed E-state index contributed by atoms with van der Waals surface area (Å²) in [6.07, 6.45) is 6.85. The van der Waals surface area contributed by atoms with Gasteiger partial charge in [0, 0.05) is 42.1 Å². The Bertz CT molecular complexity index is 1540. The third-order valence-electron chi connectivity index (χ3n) is 8.90. The van der Waals surface area contributed by atoms with Gasteiger partial charge in [0.15, 0.2) is 5.82 Å². The van der Waals surface area contributed by atoms with Crippen molar-refractivity contribution in [3.05, 3.63) is 72.7 Å². The van der Waals surface area contributed by atoms with Crippen LogP contribution in [0.15, 0.2) is 65.5 Å². The van der Waals surface area contributed by atoms with Crippen LogP contribution in [0.25, 0.3) is 11.1 Å². The van der Waals surface area contributed by atoms with E-state index in [0.717, 1.165) is 67.4 Å². The molecule has 42 heavy (non-hydrogen) atoms. The Balaban J connectivity index is 1.38. The van der Waals surface area contributed by atoms with E-state index in [1.54, 1.807) is 12.1 Å². The topological polar surface area (TPSA) is 105 Å². The van der Waals surface area contributed by atoms with Gasteiger partial charge in [0.2, 0.25) is 21.8 Å². The molecule has 1 heterocycles. The van der Waals surface area contributed by atoms with Crippen LogP contribution < -0.4 is 9.62 Å². The fourth-order valence-electron chi connectivity index (χ4n) is 6.36. The molecule has 3 aliphatic carbocycles. The summed E-state index contributed by atoms with van der Waals surface area (Å²) in [6.45, 7) is 8.00. The van der Waals surface area contributed by atoms with Crippen molar-refractivity contribution in [1.29, 1.82) is 0 Å². The normalized spacial score (nSPS) is 21.8. The SMILES string of the molecule is C=C(F)CCC(=O)N(CC12CCC(c3noc(C(C)C)n3)(CC1)CC2)c1cccc(-c2ccc(NS(C)(=O)=O)cc2)c1. The molecule has 0 saturated heterocycles. The van der Waals surface area contributed by atoms with Gasteiger partial charge in [0.25, 0.3) is 0 Å². The molecule has 1 N–H and O–H groups in total. The van der Waals surface area contributed by atoms with Crippen LogP contribution in [-0.4, -0.2) is 37.3 Å². The van der Waals surface area contributed by atoms with E-state index < -0.39 is 15.9 Å². The number of anilines is 2. The summed E-state index contributed by atoms with van der Waals surface area (Å²) in [5, 5.41) is 4.36. The molecule has 8 nitrogen and oxygen atoms in total. The molecule has 1 amide bonds. The summed E-state index contributed by atoms with van der Waals surface area (Å²) in [6, 6.07) is 14.9. The minimum Gasteiger partial charge on any atom is -0.339 e. The van der Waals surface area contributed by atoms with Crippen molar-refractivity contribution in [2.45, 2.75) is 76.5 Å². The quantitative estimate of drug-likeness (QED) is 0.253. The molecule has 0 spiro atoms. The van der Waals surface area contributed by atoms with E-state index in [4.69, 9.17) is 9.51 Å². The first-order valence-corrected chi connectivity index (χ1v) is 16.4. The molecule has 10 heteroatoms. The molecule has 3 aliphatic rings. The summed E-state index contributed by atoms with van der Waals surface area (Å²) in [5.74, 6) is 1.05. The lowest BCUT2D eigenvalue weighted by Gasteiger charge is -2.53. The standard InChI is InChI=1S/C32H39FN4O4S/c1-22(2)29-34-30(35-41-29)32-17-14-31(15-18-32,16-19-32)21-37(28(38)13-8-23(3)33)27-7-5-6-25(20-27)24-9-11-26(12-10-24)36-42(4,39)40/h5-7,9-12,20,22,36H,3,8,13-19,21H2,1-2,4H3. The highest BCUT2D eigenvalue weighted by Crippen LogP contribution is 2.57. The van der Waals surface area contributed by atoms with Crippen LogP contribution in [0.4, 0.5) is 15.8 Å². The van der Waals surface area contributed by atoms with E-state index in [9.17, 15) is 17.6 Å². The predicted octanol–water partition coefficient (Wildman–Crippen LogP) is 7.12. The molecule has 0 unspecified atom stereocenters. The Morgan fingerprint density at radius 3 is 2.29 bits per heavy atom. The fraction of sp³-hybridized carbons (Fsp3) is 0.469. The Hall–Kier alpha value is -3.53. The van der Waals surface area contributed by atoms with E-state index in [2.05, 4.69) is 16.5 Å². The van der Waals surface area contributed by atoms with Crippen LogP contribution in [-0.2, 0) is 20.2 Å². The van der Waals surface area contributed by atoms with Gasteiger partial charge in [0.1, 0.15) is 0 Å². The van der Waals surface area contributed by atoms with Crippen molar-refractivity contribution < 1.29 is 22.1 Å². The van der Waals surface area contributed by atoms with Gasteiger partial charge >= 0.3 is 0 Å². The minimum atomic E-state index is -3.37. The third kappa shape index (κ3) is 6.59. The maximum Gasteiger partial charge on any atom is 0.229 e. The Kier molecular flexibility index (Phi) is 8.29. The Labute approximate surface area is 247 Å². The van der Waals surface area contributed by atoms with Gasteiger partial charge in [-0.15, -0.1) is 0 Å². The second-order valence-electron chi connectivity index (χ2n) is 12.4. The van der Waals surface area contributed by atoms with Crippen molar-refractivity contribution in [3.63, 3.8) is 0 Å². The lowest BCUT2D eigenvalue weighted by Crippen LogP contribution is -2.51. The van der Waals surface area contributed by atoms with Crippen molar-refractivity contribution >= 4 is 27.3 Å². The summed E-state index contributed by atoms with van der Waals surface area (Å²) in [4.78, 5) is 20.2. The molecule has 3 fully saturated rings. The number of rotatable bonds is 11. The predicted molar refractivity (Wildman–Crippen MR) is 162 cm³/mol. The maximum atomic E-state index is 13.6. The number of carbonyl (C=O) groups excluding carboxylic acids is 1. The zero-order valence-electron chi connectivity index (χ0n) is 24.5. The highest BCUT2D eigenvalue weighted by atomic mass is 32.2. The largest absolute Gasteiger partial charge is 0.339 e. The number of amides is 1. The van der Waals surface area contributed by atoms with Crippen LogP contribution in [0.1, 0.15) is 82.8 Å². The molecule has 0 aliphatic heterocycles. The van der Waals surface area contributed by atoms with Crippen molar-refractivity contribution in [2.75, 3.05) is 22.4 Å². The first-order valence-electron chi connectivity index (χ1n) is 14.5. The van der Waals surface area contributed by atoms with Crippen LogP contribution >= 0.6 is 0 Å². The number of aromatic nitrogens is 2. The van der Waals surface area contributed by atoms with Crippen molar-refractivity contribution in [2.24, 2.45) is 5.41 Å². The maximum absolute atomic E-state index is 13.6. The molecule has 0 atom stereocenters. The summed E-state index contributed by atoms with van der Waals surface area (Å²) in [7, 11) is -3.37. The van der Waals surface area contributed by atoms with E-state index in [-0.39, 0.29) is 35.5 Å². The van der Waals surface area contributed by atoms with Crippen LogP contribution in [0.2, 0.25) is 0 Å². The molecular formula is C32H39FN4O4S. The monoisotopic (exact) mass is 594 g/mol. The van der Waals surface area contributed by atoms with E-state index in [1.807, 2.05) is 55.1 Å². The van der Waals surface area contributed by atoms with Crippen molar-refractivity contribution in [1.82, 2.24) is 10.1 Å². The number of benzene rings is 2. The zero-order chi connectivity index (χ0) is 30.1. The molecule has 2 bridgehead atoms. The molecule has 3 saturated carbocycles. The Morgan fingerprint density at radius 2 is 1.71 bits per heavy atom. The summed E-state index contributed by atoms with van der Waals surface area (Å²) in [5.41, 5.74) is 2.91. The van der Waals surface area contributed by atoms with Gasteiger partial charge < -0.3 is 9.42 Å². The average Bonchev–Trinajstić information content (AvgIpc) is 3.47. The van der Waals surface area contributed by atoms with E-state index in [0.29, 0.717) is 18.1 Å². The highest BCUT2D eigenvalue weighted by molar-refractivity contribution is 7.92. The Morgan fingerprint density at radius 1 is 1.05 bits per heavy atom. The number of nitrogens with one attached hydrogen (secondary N) is 1. The first kappa shape index (κ1) is 29.9. The number of hydrogen-bond donors (Lipinski definition) is 1. The number of sulfonamides is 1. The lowest BCUT2D eigenvalue weighted by molar-refractivity contribution is -0.119. The van der Waals surface area contributed by atoms with Crippen LogP contribution in [0.5, 0.6) is 0 Å². The van der Waals surface area contributed by atoms with E-state index >= 15 is 0 Å². The van der Waals surface area contributed by atoms with Gasteiger partial charge in [-0.3, -0.25) is 9.52 Å². The highest BCUT2D eigenvalue weighted by Gasteiger charge is 2.52. The summed E-state index contributed by atoms with van der Waals surface area (Å²) < 4.78 is 44.8. The number of halogens is 1. The molecule has 2 aromatic carbocycles. The van der Waals surface area contributed by atoms with Crippen LogP contribution in [0.3, 0.4) is 0 Å². The summed E-state index contributed by atoms with van der Waals surface area (Å²) >= 11 is 0. The zero-order valence-corrected chi connectivity index (χ0v) is 25.3. The second-order valence-corrected chi connectivity index (χ2v) is 14.1. The molecule has 1 aromatic heterocycles. The first-order chi connectivity index (χ1) is 19.9. The second kappa shape index (κ2) is 11.6. The van der Waals surface area contributed by atoms with E-state index in [1.165, 1.54) is 0 Å². The molecule has 3 aromatic rings. The average molecular weight is 595 g/mol. The number of hydrogen-bond acceptors (Lipinski definition) is 6. The number of carbonyl (C=O) groups is 1. The molecule has 224 valence electrons. The number of allylic oxidation sites excluding steroid dienone is 1. The van der Waals surface area contributed by atoms with Gasteiger partial charge in [0.05, 0.1) is 12.1 Å². The molecular weight excluding hydrogens is 555 g/mol. The van der Waals surface area contributed by atoms with Gasteiger partial charge in [-0.25, -0.2) is 12.8 Å². The van der Waals surface area contributed by atoms with Gasteiger partial charge in [-0.1, -0.05) is 49.8 Å². The number of nitrogens with zero attached hydrogens (tertiary/aromatic N) is 3. The minimum absolute atomic E-state index is 0.00402. The molecule has 0 radical (unpaired) electrons. The smallest absolute Gasteiger partial charge is 0.229 e. The lowest BCUT2D eigenvalue weighted by atomic mass is 9.53. The fourth-order valence-corrected chi connectivity index (χ4v) is 6.92. The van der Waals surface area contributed by atoms with Crippen LogP contribution in [0, 0.1) is 5.41 Å². The molecule has 6 rings (SSSR count). The van der Waals surface area contributed by atoms with Crippen molar-refractivity contribution in [3.8, 4) is 11.1 Å². The third-order valence-corrected chi connectivity index (χ3v) is 9.50. The van der Waals surface area contributed by atoms with Gasteiger partial charge in [-0.05, 0) is 79.3 Å². The van der Waals surface area contributed by atoms with Gasteiger partial charge in [-0.2, -0.15) is 4.98 Å².